The smallest absolute Gasteiger partial charge is 0.323 e. The molecular formula is C12H15N3O5S. The van der Waals surface area contributed by atoms with Crippen LogP contribution < -0.4 is 10.0 Å². The molecule has 1 aliphatic rings. The van der Waals surface area contributed by atoms with E-state index in [-0.39, 0.29) is 17.8 Å². The van der Waals surface area contributed by atoms with E-state index in [4.69, 9.17) is 0 Å². The Bertz CT molecular complexity index is 646. The number of carbonyl (C=O) groups excluding carboxylic acids is 2. The van der Waals surface area contributed by atoms with Gasteiger partial charge in [0.2, 0.25) is 6.41 Å². The molecule has 2 heterocycles. The van der Waals surface area contributed by atoms with Crippen molar-refractivity contribution in [3.8, 4) is 0 Å². The Hall–Kier alpha value is -2.00. The Morgan fingerprint density at radius 3 is 2.86 bits per heavy atom. The second-order valence-electron chi connectivity index (χ2n) is 4.65. The lowest BCUT2D eigenvalue weighted by Crippen LogP contribution is -2.44. The summed E-state index contributed by atoms with van der Waals surface area (Å²) in [5.74, 6) is -0.392. The zero-order valence-corrected chi connectivity index (χ0v) is 12.0. The topological polar surface area (TPSA) is 110 Å². The molecule has 1 aliphatic heterocycles. The lowest BCUT2D eigenvalue weighted by atomic mass is 10.1. The Labute approximate surface area is 122 Å². The number of nitrogens with one attached hydrogen (secondary N) is 1. The Balaban J connectivity index is 2.27. The molecule has 9 heteroatoms. The predicted octanol–water partition coefficient (Wildman–Crippen LogP) is -1.21. The average molecular weight is 313 g/mol. The molecule has 21 heavy (non-hydrogen) atoms. The van der Waals surface area contributed by atoms with Gasteiger partial charge in [-0.25, -0.2) is 8.42 Å². The number of Topliss-reactive ketones (excluding diaryl/α,β-unsaturated/α-hetero) is 1. The average Bonchev–Trinajstić information content (AvgIpc) is 2.63. The summed E-state index contributed by atoms with van der Waals surface area (Å²) >= 11 is 0. The SMILES string of the molecule is O=CNC1CCCN(S(=O)(=O)c2cccc[n+]2[O-])CC1=O. The van der Waals surface area contributed by atoms with Gasteiger partial charge in [0.25, 0.3) is 0 Å². The minimum atomic E-state index is -4.04. The number of hydrogen-bond acceptors (Lipinski definition) is 5. The largest absolute Gasteiger partial charge is 0.618 e. The van der Waals surface area contributed by atoms with Gasteiger partial charge >= 0.3 is 15.0 Å². The lowest BCUT2D eigenvalue weighted by Gasteiger charge is -2.18. The number of sulfonamides is 1. The molecule has 2 rings (SSSR count). The second-order valence-corrected chi connectivity index (χ2v) is 6.53. The molecule has 0 saturated carbocycles. The maximum absolute atomic E-state index is 12.4. The quantitative estimate of drug-likeness (QED) is 0.426. The third-order valence-electron chi connectivity index (χ3n) is 3.28. The molecule has 0 aromatic carbocycles. The minimum Gasteiger partial charge on any atom is -0.618 e. The number of carbonyl (C=O) groups is 2. The van der Waals surface area contributed by atoms with Crippen LogP contribution >= 0.6 is 0 Å². The highest BCUT2D eigenvalue weighted by Gasteiger charge is 2.35. The summed E-state index contributed by atoms with van der Waals surface area (Å²) < 4.78 is 26.1. The van der Waals surface area contributed by atoms with Gasteiger partial charge in [0.05, 0.1) is 12.6 Å². The molecule has 1 unspecified atom stereocenters. The van der Waals surface area contributed by atoms with Crippen LogP contribution in [0.2, 0.25) is 0 Å². The number of nitrogens with zero attached hydrogens (tertiary/aromatic N) is 2. The summed E-state index contributed by atoms with van der Waals surface area (Å²) in [6.45, 7) is -0.233. The Morgan fingerprint density at radius 1 is 1.43 bits per heavy atom. The summed E-state index contributed by atoms with van der Waals surface area (Å²) in [5, 5.41) is 13.6. The van der Waals surface area contributed by atoms with Crippen LogP contribution in [-0.4, -0.2) is 44.0 Å². The summed E-state index contributed by atoms with van der Waals surface area (Å²) in [7, 11) is -4.04. The van der Waals surface area contributed by atoms with Crippen molar-refractivity contribution in [2.24, 2.45) is 0 Å². The fourth-order valence-electron chi connectivity index (χ4n) is 2.20. The van der Waals surface area contributed by atoms with E-state index in [9.17, 15) is 23.2 Å². The van der Waals surface area contributed by atoms with Gasteiger partial charge < -0.3 is 10.5 Å². The maximum atomic E-state index is 12.4. The van der Waals surface area contributed by atoms with Crippen molar-refractivity contribution in [3.05, 3.63) is 29.6 Å². The molecule has 1 atom stereocenters. The van der Waals surface area contributed by atoms with Gasteiger partial charge in [0.15, 0.2) is 12.0 Å². The summed E-state index contributed by atoms with van der Waals surface area (Å²) in [4.78, 5) is 22.4. The van der Waals surface area contributed by atoms with Crippen LogP contribution in [0.15, 0.2) is 29.4 Å². The lowest BCUT2D eigenvalue weighted by molar-refractivity contribution is -0.646. The molecule has 1 aromatic heterocycles. The van der Waals surface area contributed by atoms with Gasteiger partial charge in [-0.2, -0.15) is 9.04 Å². The molecule has 1 N–H and O–H groups in total. The molecule has 1 amide bonds. The molecule has 1 fully saturated rings. The fraction of sp³-hybridized carbons (Fsp3) is 0.417. The first-order valence-electron chi connectivity index (χ1n) is 6.37. The number of pyridine rings is 1. The monoisotopic (exact) mass is 313 g/mol. The van der Waals surface area contributed by atoms with Crippen molar-refractivity contribution < 1.29 is 22.7 Å². The minimum absolute atomic E-state index is 0.125. The van der Waals surface area contributed by atoms with Crippen molar-refractivity contribution in [3.63, 3.8) is 0 Å². The number of aromatic nitrogens is 1. The molecule has 8 nitrogen and oxygen atoms in total. The number of amides is 1. The first-order chi connectivity index (χ1) is 9.96. The third kappa shape index (κ3) is 3.19. The van der Waals surface area contributed by atoms with Crippen LogP contribution in [0.3, 0.4) is 0 Å². The van der Waals surface area contributed by atoms with Gasteiger partial charge in [0.1, 0.15) is 0 Å². The van der Waals surface area contributed by atoms with Crippen molar-refractivity contribution in [1.82, 2.24) is 9.62 Å². The first-order valence-corrected chi connectivity index (χ1v) is 7.81. The maximum Gasteiger partial charge on any atom is 0.323 e. The predicted molar refractivity (Wildman–Crippen MR) is 71.4 cm³/mol. The van der Waals surface area contributed by atoms with Crippen molar-refractivity contribution in [1.29, 1.82) is 0 Å². The summed E-state index contributed by atoms with van der Waals surface area (Å²) in [5.41, 5.74) is 0. The van der Waals surface area contributed by atoms with Gasteiger partial charge in [0, 0.05) is 18.7 Å². The highest BCUT2D eigenvalue weighted by molar-refractivity contribution is 7.89. The second kappa shape index (κ2) is 6.19. The Kier molecular flexibility index (Phi) is 4.53. The van der Waals surface area contributed by atoms with E-state index in [1.165, 1.54) is 18.2 Å². The van der Waals surface area contributed by atoms with Crippen LogP contribution in [0.1, 0.15) is 12.8 Å². The molecule has 1 aromatic rings. The number of ketones is 1. The van der Waals surface area contributed by atoms with E-state index in [1.807, 2.05) is 0 Å². The van der Waals surface area contributed by atoms with Gasteiger partial charge in [-0.1, -0.05) is 0 Å². The zero-order valence-electron chi connectivity index (χ0n) is 11.1. The number of rotatable bonds is 4. The highest BCUT2D eigenvalue weighted by Crippen LogP contribution is 2.16. The zero-order chi connectivity index (χ0) is 15.5. The van der Waals surface area contributed by atoms with Crippen LogP contribution in [0.25, 0.3) is 0 Å². The summed E-state index contributed by atoms with van der Waals surface area (Å²) in [6, 6.07) is 3.37. The Morgan fingerprint density at radius 2 is 2.19 bits per heavy atom. The molecule has 0 radical (unpaired) electrons. The van der Waals surface area contributed by atoms with E-state index in [0.29, 0.717) is 19.3 Å². The normalized spacial score (nSPS) is 20.8. The highest BCUT2D eigenvalue weighted by atomic mass is 32.2. The van der Waals surface area contributed by atoms with Gasteiger partial charge in [-0.3, -0.25) is 9.59 Å². The van der Waals surface area contributed by atoms with Crippen LogP contribution in [-0.2, 0) is 19.6 Å². The molecular weight excluding hydrogens is 298 g/mol. The van der Waals surface area contributed by atoms with Crippen LogP contribution in [0.4, 0.5) is 0 Å². The van der Waals surface area contributed by atoms with E-state index >= 15 is 0 Å². The molecule has 0 aliphatic carbocycles. The van der Waals surface area contributed by atoms with E-state index in [1.54, 1.807) is 0 Å². The van der Waals surface area contributed by atoms with E-state index in [0.717, 1.165) is 10.5 Å². The summed E-state index contributed by atoms with van der Waals surface area (Å²) in [6.07, 6.45) is 2.30. The van der Waals surface area contributed by atoms with E-state index < -0.39 is 26.9 Å². The van der Waals surface area contributed by atoms with Crippen LogP contribution in [0, 0.1) is 5.21 Å². The van der Waals surface area contributed by atoms with Gasteiger partial charge in [-0.05, 0) is 18.9 Å². The number of hydrogen-bond donors (Lipinski definition) is 1. The van der Waals surface area contributed by atoms with Crippen LogP contribution in [0.5, 0.6) is 0 Å². The van der Waals surface area contributed by atoms with Crippen molar-refractivity contribution in [2.45, 2.75) is 23.9 Å². The molecule has 0 spiro atoms. The molecule has 114 valence electrons. The standard InChI is InChI=1S/C12H15N3O5S/c16-9-13-10-4-3-6-14(8-11(10)17)21(19,20)12-5-1-2-7-15(12)18/h1-2,5,7,9-10H,3-4,6,8H2,(H,13,16). The van der Waals surface area contributed by atoms with Gasteiger partial charge in [-0.15, -0.1) is 0 Å². The van der Waals surface area contributed by atoms with Crippen molar-refractivity contribution >= 4 is 22.2 Å². The van der Waals surface area contributed by atoms with Crippen molar-refractivity contribution in [2.75, 3.05) is 13.1 Å². The third-order valence-corrected chi connectivity index (χ3v) is 5.12. The molecule has 0 bridgehead atoms. The first kappa shape index (κ1) is 15.4. The fourth-order valence-corrected chi connectivity index (χ4v) is 3.67. The molecule has 1 saturated heterocycles. The van der Waals surface area contributed by atoms with E-state index in [2.05, 4.69) is 5.32 Å².